The van der Waals surface area contributed by atoms with E-state index in [1.807, 2.05) is 11.8 Å². The summed E-state index contributed by atoms with van der Waals surface area (Å²) in [6.45, 7) is 5.78. The van der Waals surface area contributed by atoms with Gasteiger partial charge in [0.05, 0.1) is 0 Å². The fraction of sp³-hybridized carbons (Fsp3) is 0.917. The normalized spacial score (nSPS) is 30.9. The number of thioether (sulfide) groups is 1. The van der Waals surface area contributed by atoms with Gasteiger partial charge in [0.2, 0.25) is 5.91 Å². The largest absolute Gasteiger partial charge is 0.353 e. The van der Waals surface area contributed by atoms with Crippen molar-refractivity contribution >= 4 is 17.7 Å². The molecule has 2 rings (SSSR count). The van der Waals surface area contributed by atoms with Crippen molar-refractivity contribution in [2.45, 2.75) is 32.2 Å². The van der Waals surface area contributed by atoms with Crippen LogP contribution >= 0.6 is 11.8 Å². The maximum Gasteiger partial charge on any atom is 0.220 e. The second-order valence-corrected chi connectivity index (χ2v) is 6.15. The van der Waals surface area contributed by atoms with E-state index in [-0.39, 0.29) is 5.91 Å². The van der Waals surface area contributed by atoms with Crippen LogP contribution in [0.5, 0.6) is 0 Å². The summed E-state index contributed by atoms with van der Waals surface area (Å²) in [7, 11) is 0. The van der Waals surface area contributed by atoms with Gasteiger partial charge in [0.1, 0.15) is 0 Å². The molecule has 2 atom stereocenters. The number of piperidine rings is 2. The molecule has 2 saturated heterocycles. The van der Waals surface area contributed by atoms with Crippen molar-refractivity contribution in [3.8, 4) is 0 Å². The Morgan fingerprint density at radius 3 is 3.19 bits per heavy atom. The van der Waals surface area contributed by atoms with Gasteiger partial charge in [0.15, 0.2) is 0 Å². The van der Waals surface area contributed by atoms with Gasteiger partial charge in [-0.2, -0.15) is 11.8 Å². The molecule has 0 bridgehead atoms. The van der Waals surface area contributed by atoms with Crippen molar-refractivity contribution in [1.82, 2.24) is 10.2 Å². The molecule has 2 unspecified atom stereocenters. The Balaban J connectivity index is 1.75. The minimum atomic E-state index is 0.260. The second-order valence-electron chi connectivity index (χ2n) is 4.76. The number of fused-ring (bicyclic) bond motifs is 1. The monoisotopic (exact) mass is 242 g/mol. The SMILES string of the molecule is CCSCCN1CCC2NC(=O)CCC2C1. The van der Waals surface area contributed by atoms with Gasteiger partial charge in [-0.05, 0) is 24.5 Å². The molecule has 2 aliphatic rings. The third-order valence-corrected chi connectivity index (χ3v) is 4.54. The van der Waals surface area contributed by atoms with Gasteiger partial charge in [-0.15, -0.1) is 0 Å². The van der Waals surface area contributed by atoms with Gasteiger partial charge in [-0.3, -0.25) is 4.79 Å². The number of rotatable bonds is 4. The van der Waals surface area contributed by atoms with Crippen LogP contribution in [-0.4, -0.2) is 48.0 Å². The van der Waals surface area contributed by atoms with Crippen molar-refractivity contribution in [3.63, 3.8) is 0 Å². The first-order valence-corrected chi connectivity index (χ1v) is 7.54. The van der Waals surface area contributed by atoms with Crippen molar-refractivity contribution in [3.05, 3.63) is 0 Å². The second kappa shape index (κ2) is 5.92. The fourth-order valence-corrected chi connectivity index (χ4v) is 3.40. The zero-order valence-corrected chi connectivity index (χ0v) is 10.9. The molecule has 0 spiro atoms. The minimum Gasteiger partial charge on any atom is -0.353 e. The van der Waals surface area contributed by atoms with Crippen LogP contribution in [0.4, 0.5) is 0 Å². The molecule has 1 N–H and O–H groups in total. The highest BCUT2D eigenvalue weighted by molar-refractivity contribution is 7.99. The van der Waals surface area contributed by atoms with Crippen LogP contribution in [0, 0.1) is 5.92 Å². The molecule has 0 radical (unpaired) electrons. The number of hydrogen-bond donors (Lipinski definition) is 1. The Kier molecular flexibility index (Phi) is 4.53. The lowest BCUT2D eigenvalue weighted by Gasteiger charge is -2.41. The van der Waals surface area contributed by atoms with E-state index >= 15 is 0 Å². The van der Waals surface area contributed by atoms with Crippen molar-refractivity contribution in [2.75, 3.05) is 31.1 Å². The van der Waals surface area contributed by atoms with E-state index < -0.39 is 0 Å². The minimum absolute atomic E-state index is 0.260. The van der Waals surface area contributed by atoms with Gasteiger partial charge in [0.25, 0.3) is 0 Å². The van der Waals surface area contributed by atoms with Crippen molar-refractivity contribution < 1.29 is 4.79 Å². The predicted octanol–water partition coefficient (Wildman–Crippen LogP) is 1.34. The zero-order valence-electron chi connectivity index (χ0n) is 10.1. The Morgan fingerprint density at radius 1 is 1.50 bits per heavy atom. The Bertz CT molecular complexity index is 247. The molecule has 1 amide bonds. The van der Waals surface area contributed by atoms with Gasteiger partial charge in [-0.25, -0.2) is 0 Å². The Morgan fingerprint density at radius 2 is 2.38 bits per heavy atom. The summed E-state index contributed by atoms with van der Waals surface area (Å²) in [5, 5.41) is 3.14. The summed E-state index contributed by atoms with van der Waals surface area (Å²) in [4.78, 5) is 13.9. The van der Waals surface area contributed by atoms with Crippen LogP contribution in [0.3, 0.4) is 0 Å². The number of amides is 1. The van der Waals surface area contributed by atoms with Crippen LogP contribution < -0.4 is 5.32 Å². The van der Waals surface area contributed by atoms with E-state index in [9.17, 15) is 4.79 Å². The highest BCUT2D eigenvalue weighted by Crippen LogP contribution is 2.25. The molecule has 2 fully saturated rings. The average Bonchev–Trinajstić information content (AvgIpc) is 2.29. The molecular weight excluding hydrogens is 220 g/mol. The first-order valence-electron chi connectivity index (χ1n) is 6.39. The number of nitrogens with zero attached hydrogens (tertiary/aromatic N) is 1. The maximum absolute atomic E-state index is 11.3. The molecule has 2 heterocycles. The highest BCUT2D eigenvalue weighted by atomic mass is 32.2. The summed E-state index contributed by atoms with van der Waals surface area (Å²) in [6.07, 6.45) is 2.97. The molecular formula is C12H22N2OS. The third-order valence-electron chi connectivity index (χ3n) is 3.66. The first-order chi connectivity index (χ1) is 7.79. The van der Waals surface area contributed by atoms with Crippen molar-refractivity contribution in [1.29, 1.82) is 0 Å². The molecule has 0 aromatic rings. The first kappa shape index (κ1) is 12.2. The molecule has 16 heavy (non-hydrogen) atoms. The molecule has 0 saturated carbocycles. The van der Waals surface area contributed by atoms with Gasteiger partial charge in [0, 0.05) is 37.8 Å². The van der Waals surface area contributed by atoms with Crippen LogP contribution in [0.1, 0.15) is 26.2 Å². The molecule has 0 aromatic heterocycles. The standard InChI is InChI=1S/C12H22N2OS/c1-2-16-8-7-14-6-5-11-10(9-14)3-4-12(15)13-11/h10-11H,2-9H2,1H3,(H,13,15). The van der Waals surface area contributed by atoms with Gasteiger partial charge in [-0.1, -0.05) is 6.92 Å². The molecule has 0 aliphatic carbocycles. The molecule has 3 nitrogen and oxygen atoms in total. The summed E-state index contributed by atoms with van der Waals surface area (Å²) in [5.41, 5.74) is 0. The van der Waals surface area contributed by atoms with Crippen LogP contribution in [0.15, 0.2) is 0 Å². The van der Waals surface area contributed by atoms with E-state index in [0.717, 1.165) is 25.8 Å². The Hall–Kier alpha value is -0.220. The maximum atomic E-state index is 11.3. The van der Waals surface area contributed by atoms with E-state index in [0.29, 0.717) is 12.0 Å². The van der Waals surface area contributed by atoms with E-state index in [4.69, 9.17) is 0 Å². The average molecular weight is 242 g/mol. The van der Waals surface area contributed by atoms with Crippen LogP contribution in [-0.2, 0) is 4.79 Å². The zero-order chi connectivity index (χ0) is 11.4. The summed E-state index contributed by atoms with van der Waals surface area (Å²) in [6, 6.07) is 0.469. The fourth-order valence-electron chi connectivity index (χ4n) is 2.73. The number of likely N-dealkylation sites (tertiary alicyclic amines) is 1. The van der Waals surface area contributed by atoms with Crippen LogP contribution in [0.2, 0.25) is 0 Å². The smallest absolute Gasteiger partial charge is 0.220 e. The number of carbonyl (C=O) groups excluding carboxylic acids is 1. The van der Waals surface area contributed by atoms with Gasteiger partial charge >= 0.3 is 0 Å². The van der Waals surface area contributed by atoms with E-state index in [1.165, 1.54) is 24.6 Å². The summed E-state index contributed by atoms with van der Waals surface area (Å²) < 4.78 is 0. The topological polar surface area (TPSA) is 32.3 Å². The molecule has 0 aromatic carbocycles. The highest BCUT2D eigenvalue weighted by Gasteiger charge is 2.33. The quantitative estimate of drug-likeness (QED) is 0.755. The predicted molar refractivity (Wildman–Crippen MR) is 68.7 cm³/mol. The van der Waals surface area contributed by atoms with E-state index in [2.05, 4.69) is 17.1 Å². The summed E-state index contributed by atoms with van der Waals surface area (Å²) in [5.74, 6) is 3.44. The lowest BCUT2D eigenvalue weighted by atomic mass is 9.85. The number of nitrogens with one attached hydrogen (secondary N) is 1. The molecule has 4 heteroatoms. The summed E-state index contributed by atoms with van der Waals surface area (Å²) >= 11 is 2.02. The van der Waals surface area contributed by atoms with Crippen molar-refractivity contribution in [2.24, 2.45) is 5.92 Å². The number of hydrogen-bond acceptors (Lipinski definition) is 3. The number of carbonyl (C=O) groups is 1. The lowest BCUT2D eigenvalue weighted by Crippen LogP contribution is -2.54. The van der Waals surface area contributed by atoms with Gasteiger partial charge < -0.3 is 10.2 Å². The van der Waals surface area contributed by atoms with E-state index in [1.54, 1.807) is 0 Å². The Labute approximate surface area is 102 Å². The van der Waals surface area contributed by atoms with Crippen LogP contribution in [0.25, 0.3) is 0 Å². The molecule has 92 valence electrons. The third kappa shape index (κ3) is 3.14. The molecule has 2 aliphatic heterocycles. The lowest BCUT2D eigenvalue weighted by molar-refractivity contribution is -0.125.